The van der Waals surface area contributed by atoms with Gasteiger partial charge in [0.1, 0.15) is 5.75 Å². The largest absolute Gasteiger partial charge is 1.00 e. The van der Waals surface area contributed by atoms with Crippen LogP contribution >= 0.6 is 0 Å². The van der Waals surface area contributed by atoms with Crippen LogP contribution in [-0.4, -0.2) is 19.0 Å². The van der Waals surface area contributed by atoms with Gasteiger partial charge in [-0.05, 0) is 40.1 Å². The van der Waals surface area contributed by atoms with Gasteiger partial charge in [0.25, 0.3) is 0 Å². The Morgan fingerprint density at radius 3 is 1.88 bits per heavy atom. The summed E-state index contributed by atoms with van der Waals surface area (Å²) >= 11 is 0. The van der Waals surface area contributed by atoms with Crippen LogP contribution in [0.1, 0.15) is 20.7 Å². The number of hydrogen-bond acceptors (Lipinski definition) is 5. The Morgan fingerprint density at radius 1 is 0.808 bits per heavy atom. The average molecular weight is 366 g/mol. The molecule has 7 heteroatoms. The van der Waals surface area contributed by atoms with Crippen LogP contribution in [0.4, 0.5) is 0 Å². The van der Waals surface area contributed by atoms with Gasteiger partial charge in [0.2, 0.25) is 0 Å². The predicted octanol–water partition coefficient (Wildman–Crippen LogP) is -4.75. The molecule has 5 nitrogen and oxygen atoms in total. The summed E-state index contributed by atoms with van der Waals surface area (Å²) in [7, 11) is 1.57. The fraction of sp³-hybridized carbons (Fsp3) is 0.0526. The molecule has 0 spiro atoms. The second kappa shape index (κ2) is 9.55. The average Bonchev–Trinajstić information content (AvgIpc) is 2.59. The number of ether oxygens (including phenoxy) is 1. The van der Waals surface area contributed by atoms with Gasteiger partial charge in [-0.3, -0.25) is 0 Å². The Kier molecular flexibility index (Phi) is 8.34. The Hall–Kier alpha value is -1.34. The third-order valence-electron chi connectivity index (χ3n) is 3.84. The molecule has 0 atom stereocenters. The van der Waals surface area contributed by atoms with E-state index in [2.05, 4.69) is 0 Å². The van der Waals surface area contributed by atoms with Crippen molar-refractivity contribution in [3.05, 3.63) is 65.7 Å². The van der Waals surface area contributed by atoms with E-state index >= 15 is 0 Å². The molecule has 0 aliphatic rings. The van der Waals surface area contributed by atoms with Gasteiger partial charge in [0, 0.05) is 11.1 Å². The molecule has 0 N–H and O–H groups in total. The van der Waals surface area contributed by atoms with Crippen LogP contribution in [0.2, 0.25) is 0 Å². The van der Waals surface area contributed by atoms with Crippen molar-refractivity contribution >= 4 is 22.7 Å². The van der Waals surface area contributed by atoms with E-state index in [9.17, 15) is 19.8 Å². The minimum atomic E-state index is -1.44. The molecule has 0 radical (unpaired) electrons. The zero-order chi connectivity index (χ0) is 17.3. The van der Waals surface area contributed by atoms with Crippen molar-refractivity contribution in [1.82, 2.24) is 0 Å². The molecular formula is C19H12Na2O5. The van der Waals surface area contributed by atoms with E-state index in [4.69, 9.17) is 4.74 Å². The third-order valence-corrected chi connectivity index (χ3v) is 3.84. The number of rotatable bonds is 4. The van der Waals surface area contributed by atoms with Crippen LogP contribution < -0.4 is 74.1 Å². The normalized spacial score (nSPS) is 9.73. The maximum Gasteiger partial charge on any atom is 1.00 e. The van der Waals surface area contributed by atoms with E-state index in [0.29, 0.717) is 11.3 Å². The molecule has 3 rings (SSSR count). The molecule has 3 aromatic rings. The minimum Gasteiger partial charge on any atom is -0.545 e. The van der Waals surface area contributed by atoms with Crippen molar-refractivity contribution in [2.24, 2.45) is 0 Å². The number of benzene rings is 3. The van der Waals surface area contributed by atoms with E-state index < -0.39 is 11.9 Å². The minimum absolute atomic E-state index is 0. The first-order valence-corrected chi connectivity index (χ1v) is 7.15. The Morgan fingerprint density at radius 2 is 1.35 bits per heavy atom. The molecule has 120 valence electrons. The molecule has 0 unspecified atom stereocenters. The van der Waals surface area contributed by atoms with Gasteiger partial charge in [-0.15, -0.1) is 0 Å². The molecule has 0 aliphatic carbocycles. The van der Waals surface area contributed by atoms with Gasteiger partial charge in [0.15, 0.2) is 0 Å². The topological polar surface area (TPSA) is 89.5 Å². The van der Waals surface area contributed by atoms with Gasteiger partial charge in [-0.1, -0.05) is 36.4 Å². The SMILES string of the molecule is COc1ccc2cc(-c3c(C(=O)[O-])cccc3C(=O)[O-])ccc2c1.[Na+].[Na+]. The fourth-order valence-electron chi connectivity index (χ4n) is 2.71. The fourth-order valence-corrected chi connectivity index (χ4v) is 2.71. The maximum atomic E-state index is 11.4. The Labute approximate surface area is 194 Å². The van der Waals surface area contributed by atoms with Crippen LogP contribution in [0.5, 0.6) is 5.75 Å². The molecule has 0 aromatic heterocycles. The summed E-state index contributed by atoms with van der Waals surface area (Å²) in [5.41, 5.74) is 0.163. The summed E-state index contributed by atoms with van der Waals surface area (Å²) < 4.78 is 5.17. The Bertz CT molecular complexity index is 937. The smallest absolute Gasteiger partial charge is 0.545 e. The van der Waals surface area contributed by atoms with E-state index in [1.807, 2.05) is 12.1 Å². The summed E-state index contributed by atoms with van der Waals surface area (Å²) in [6.45, 7) is 0. The summed E-state index contributed by atoms with van der Waals surface area (Å²) in [6.07, 6.45) is 0. The van der Waals surface area contributed by atoms with Crippen molar-refractivity contribution in [1.29, 1.82) is 0 Å². The quantitative estimate of drug-likeness (QED) is 0.433. The van der Waals surface area contributed by atoms with E-state index in [1.54, 1.807) is 31.4 Å². The second-order valence-electron chi connectivity index (χ2n) is 5.23. The molecule has 26 heavy (non-hydrogen) atoms. The zero-order valence-electron chi connectivity index (χ0n) is 14.7. The molecule has 3 aromatic carbocycles. The standard InChI is InChI=1S/C19H14O5.2Na/c1-24-14-8-7-11-9-13(6-5-12(11)10-14)17-15(18(20)21)3-2-4-16(17)19(22)23;;/h2-10H,1H3,(H,20,21)(H,22,23);;/q;2*+1/p-2. The van der Waals surface area contributed by atoms with Crippen molar-refractivity contribution in [3.63, 3.8) is 0 Å². The molecule has 0 amide bonds. The number of carbonyl (C=O) groups is 2. The molecule has 0 aliphatic heterocycles. The number of aromatic carboxylic acids is 2. The number of carboxylic acids is 2. The first-order chi connectivity index (χ1) is 11.5. The zero-order valence-corrected chi connectivity index (χ0v) is 18.7. The molecule has 0 bridgehead atoms. The number of hydrogen-bond donors (Lipinski definition) is 0. The van der Waals surface area contributed by atoms with Crippen molar-refractivity contribution in [2.45, 2.75) is 0 Å². The van der Waals surface area contributed by atoms with Crippen LogP contribution in [0.3, 0.4) is 0 Å². The molecular weight excluding hydrogens is 354 g/mol. The Balaban J connectivity index is 0.00000169. The van der Waals surface area contributed by atoms with Gasteiger partial charge < -0.3 is 24.5 Å². The number of methoxy groups -OCH3 is 1. The van der Waals surface area contributed by atoms with E-state index in [-0.39, 0.29) is 75.8 Å². The number of fused-ring (bicyclic) bond motifs is 1. The summed E-state index contributed by atoms with van der Waals surface area (Å²) in [6, 6.07) is 14.6. The van der Waals surface area contributed by atoms with Gasteiger partial charge in [-0.2, -0.15) is 0 Å². The summed E-state index contributed by atoms with van der Waals surface area (Å²) in [5, 5.41) is 24.5. The number of carboxylic acid groups (broad SMARTS) is 2. The predicted molar refractivity (Wildman–Crippen MR) is 84.6 cm³/mol. The van der Waals surface area contributed by atoms with Crippen LogP contribution in [0.15, 0.2) is 54.6 Å². The van der Waals surface area contributed by atoms with Crippen LogP contribution in [-0.2, 0) is 0 Å². The first-order valence-electron chi connectivity index (χ1n) is 7.15. The monoisotopic (exact) mass is 366 g/mol. The van der Waals surface area contributed by atoms with Gasteiger partial charge in [0.05, 0.1) is 19.0 Å². The summed E-state index contributed by atoms with van der Waals surface area (Å²) in [4.78, 5) is 22.8. The molecule has 0 saturated heterocycles. The molecule has 0 heterocycles. The second-order valence-corrected chi connectivity index (χ2v) is 5.23. The van der Waals surface area contributed by atoms with Crippen LogP contribution in [0, 0.1) is 0 Å². The summed E-state index contributed by atoms with van der Waals surface area (Å²) in [5.74, 6) is -2.19. The third kappa shape index (κ3) is 4.49. The van der Waals surface area contributed by atoms with Crippen molar-refractivity contribution in [3.8, 4) is 16.9 Å². The van der Waals surface area contributed by atoms with Gasteiger partial charge >= 0.3 is 59.1 Å². The van der Waals surface area contributed by atoms with Gasteiger partial charge in [-0.25, -0.2) is 0 Å². The van der Waals surface area contributed by atoms with Crippen LogP contribution in [0.25, 0.3) is 21.9 Å². The maximum absolute atomic E-state index is 11.4. The number of carbonyl (C=O) groups excluding carboxylic acids is 2. The van der Waals surface area contributed by atoms with E-state index in [0.717, 1.165) is 10.8 Å². The molecule has 0 saturated carbocycles. The molecule has 0 fully saturated rings. The van der Waals surface area contributed by atoms with Crippen molar-refractivity contribution < 1.29 is 83.7 Å². The van der Waals surface area contributed by atoms with E-state index in [1.165, 1.54) is 18.2 Å². The first kappa shape index (κ1) is 22.7. The van der Waals surface area contributed by atoms with Crippen molar-refractivity contribution in [2.75, 3.05) is 7.11 Å².